The number of fused-ring (bicyclic) bond motifs is 1. The summed E-state index contributed by atoms with van der Waals surface area (Å²) in [7, 11) is 0. The van der Waals surface area contributed by atoms with Gasteiger partial charge in [0.25, 0.3) is 0 Å². The fraction of sp³-hybridized carbons (Fsp3) is 0.200. The van der Waals surface area contributed by atoms with Crippen LogP contribution in [0.2, 0.25) is 5.02 Å². The average molecular weight is 373 g/mol. The van der Waals surface area contributed by atoms with E-state index in [1.54, 1.807) is 29.2 Å². The van der Waals surface area contributed by atoms with E-state index in [4.69, 9.17) is 11.6 Å². The van der Waals surface area contributed by atoms with E-state index in [1.165, 1.54) is 19.1 Å². The highest BCUT2D eigenvalue weighted by atomic mass is 35.5. The van der Waals surface area contributed by atoms with Crippen molar-refractivity contribution in [3.05, 3.63) is 70.0 Å². The van der Waals surface area contributed by atoms with Crippen molar-refractivity contribution in [1.82, 2.24) is 4.90 Å². The van der Waals surface area contributed by atoms with Crippen LogP contribution in [0.15, 0.2) is 42.5 Å². The summed E-state index contributed by atoms with van der Waals surface area (Å²) in [4.78, 5) is 25.0. The van der Waals surface area contributed by atoms with E-state index in [0.717, 1.165) is 11.1 Å². The molecule has 0 fully saturated rings. The Morgan fingerprint density at radius 2 is 1.96 bits per heavy atom. The molecule has 0 spiro atoms. The lowest BCUT2D eigenvalue weighted by Crippen LogP contribution is -2.35. The Labute approximate surface area is 156 Å². The predicted molar refractivity (Wildman–Crippen MR) is 100 cm³/mol. The lowest BCUT2D eigenvalue weighted by atomic mass is 9.99. The van der Waals surface area contributed by atoms with E-state index < -0.39 is 0 Å². The van der Waals surface area contributed by atoms with Crippen molar-refractivity contribution >= 4 is 35.2 Å². The topological polar surface area (TPSA) is 49.4 Å². The zero-order valence-electron chi connectivity index (χ0n) is 14.3. The molecule has 1 aliphatic rings. The molecule has 4 nitrogen and oxygen atoms in total. The molecule has 0 bridgehead atoms. The van der Waals surface area contributed by atoms with Gasteiger partial charge < -0.3 is 10.2 Å². The van der Waals surface area contributed by atoms with Gasteiger partial charge in [0.15, 0.2) is 0 Å². The Kier molecular flexibility index (Phi) is 5.38. The molecule has 1 N–H and O–H groups in total. The van der Waals surface area contributed by atoms with Crippen LogP contribution in [0.4, 0.5) is 10.1 Å². The third kappa shape index (κ3) is 4.29. The number of halogens is 2. The zero-order chi connectivity index (χ0) is 18.7. The van der Waals surface area contributed by atoms with Crippen molar-refractivity contribution in [3.63, 3.8) is 0 Å². The molecule has 26 heavy (non-hydrogen) atoms. The van der Waals surface area contributed by atoms with Gasteiger partial charge in [0, 0.05) is 42.4 Å². The standard InChI is InChI=1S/C20H18ClFN2O2/c1-13(25)23-17-5-2-14(3-6-17)4-7-20(26)24-9-8-15-10-16(21)11-19(22)18(15)12-24/h2-7,10-11H,8-9,12H2,1H3,(H,23,25)/b7-4+. The van der Waals surface area contributed by atoms with Gasteiger partial charge in [0.1, 0.15) is 5.82 Å². The molecule has 0 aliphatic carbocycles. The first-order valence-electron chi connectivity index (χ1n) is 8.24. The number of carbonyl (C=O) groups is 2. The monoisotopic (exact) mass is 372 g/mol. The minimum Gasteiger partial charge on any atom is -0.334 e. The van der Waals surface area contributed by atoms with Crippen LogP contribution in [0.5, 0.6) is 0 Å². The predicted octanol–water partition coefficient (Wildman–Crippen LogP) is 4.04. The molecule has 6 heteroatoms. The van der Waals surface area contributed by atoms with Gasteiger partial charge in [-0.1, -0.05) is 23.7 Å². The number of benzene rings is 2. The van der Waals surface area contributed by atoms with Crippen LogP contribution in [0.3, 0.4) is 0 Å². The third-order valence-electron chi connectivity index (χ3n) is 4.21. The van der Waals surface area contributed by atoms with E-state index in [-0.39, 0.29) is 24.2 Å². The van der Waals surface area contributed by atoms with Crippen molar-refractivity contribution in [2.24, 2.45) is 0 Å². The smallest absolute Gasteiger partial charge is 0.246 e. The number of hydrogen-bond acceptors (Lipinski definition) is 2. The second kappa shape index (κ2) is 7.70. The summed E-state index contributed by atoms with van der Waals surface area (Å²) in [6.45, 7) is 2.21. The van der Waals surface area contributed by atoms with Gasteiger partial charge in [-0.3, -0.25) is 9.59 Å². The maximum atomic E-state index is 14.1. The third-order valence-corrected chi connectivity index (χ3v) is 4.43. The number of nitrogens with zero attached hydrogens (tertiary/aromatic N) is 1. The molecule has 2 aromatic rings. The second-order valence-corrected chi connectivity index (χ2v) is 6.61. The molecule has 0 radical (unpaired) electrons. The largest absolute Gasteiger partial charge is 0.334 e. The Hall–Kier alpha value is -2.66. The molecule has 134 valence electrons. The Bertz CT molecular complexity index is 878. The summed E-state index contributed by atoms with van der Waals surface area (Å²) in [5.41, 5.74) is 2.92. The van der Waals surface area contributed by atoms with Gasteiger partial charge in [-0.2, -0.15) is 0 Å². The lowest BCUT2D eigenvalue weighted by Gasteiger charge is -2.28. The molecule has 2 aromatic carbocycles. The SMILES string of the molecule is CC(=O)Nc1ccc(/C=C/C(=O)N2CCc3cc(Cl)cc(F)c3C2)cc1. The first-order valence-corrected chi connectivity index (χ1v) is 8.61. The number of anilines is 1. The van der Waals surface area contributed by atoms with Gasteiger partial charge in [0.05, 0.1) is 0 Å². The lowest BCUT2D eigenvalue weighted by molar-refractivity contribution is -0.126. The van der Waals surface area contributed by atoms with Crippen LogP contribution in [0.25, 0.3) is 6.08 Å². The molecule has 0 atom stereocenters. The quantitative estimate of drug-likeness (QED) is 0.827. The van der Waals surface area contributed by atoms with Crippen molar-refractivity contribution in [3.8, 4) is 0 Å². The van der Waals surface area contributed by atoms with Gasteiger partial charge in [-0.25, -0.2) is 4.39 Å². The maximum absolute atomic E-state index is 14.1. The molecule has 0 aromatic heterocycles. The highest BCUT2D eigenvalue weighted by Crippen LogP contribution is 2.26. The summed E-state index contributed by atoms with van der Waals surface area (Å²) in [6, 6.07) is 10.2. The van der Waals surface area contributed by atoms with E-state index in [0.29, 0.717) is 29.2 Å². The van der Waals surface area contributed by atoms with Crippen molar-refractivity contribution in [2.75, 3.05) is 11.9 Å². The number of hydrogen-bond donors (Lipinski definition) is 1. The number of carbonyl (C=O) groups excluding carboxylic acids is 2. The Morgan fingerprint density at radius 1 is 1.23 bits per heavy atom. The zero-order valence-corrected chi connectivity index (χ0v) is 15.0. The average Bonchev–Trinajstić information content (AvgIpc) is 2.60. The molecule has 1 aliphatic heterocycles. The first kappa shape index (κ1) is 18.1. The van der Waals surface area contributed by atoms with Gasteiger partial charge >= 0.3 is 0 Å². The normalized spacial score (nSPS) is 13.6. The van der Waals surface area contributed by atoms with E-state index in [2.05, 4.69) is 5.32 Å². The first-order chi connectivity index (χ1) is 12.4. The van der Waals surface area contributed by atoms with E-state index in [9.17, 15) is 14.0 Å². The highest BCUT2D eigenvalue weighted by molar-refractivity contribution is 6.30. The van der Waals surface area contributed by atoms with Crippen LogP contribution in [0.1, 0.15) is 23.6 Å². The van der Waals surface area contributed by atoms with Crippen molar-refractivity contribution in [1.29, 1.82) is 0 Å². The van der Waals surface area contributed by atoms with Crippen LogP contribution in [0, 0.1) is 5.82 Å². The summed E-state index contributed by atoms with van der Waals surface area (Å²) in [6.07, 6.45) is 3.76. The minimum absolute atomic E-state index is 0.137. The minimum atomic E-state index is -0.373. The summed E-state index contributed by atoms with van der Waals surface area (Å²) in [5, 5.41) is 3.06. The Balaban J connectivity index is 1.66. The van der Waals surface area contributed by atoms with E-state index >= 15 is 0 Å². The molecule has 0 unspecified atom stereocenters. The fourth-order valence-electron chi connectivity index (χ4n) is 2.92. The van der Waals surface area contributed by atoms with Gasteiger partial charge in [0.2, 0.25) is 11.8 Å². The highest BCUT2D eigenvalue weighted by Gasteiger charge is 2.22. The molecule has 1 heterocycles. The molecule has 0 saturated carbocycles. The molecule has 3 rings (SSSR count). The second-order valence-electron chi connectivity index (χ2n) is 6.17. The van der Waals surface area contributed by atoms with Crippen molar-refractivity contribution < 1.29 is 14.0 Å². The summed E-state index contributed by atoms with van der Waals surface area (Å²) < 4.78 is 14.1. The Morgan fingerprint density at radius 3 is 2.65 bits per heavy atom. The van der Waals surface area contributed by atoms with Crippen molar-refractivity contribution in [2.45, 2.75) is 19.9 Å². The maximum Gasteiger partial charge on any atom is 0.246 e. The van der Waals surface area contributed by atoms with Gasteiger partial charge in [-0.05, 0) is 47.9 Å². The summed E-state index contributed by atoms with van der Waals surface area (Å²) >= 11 is 5.88. The van der Waals surface area contributed by atoms with Crippen LogP contribution in [-0.2, 0) is 22.6 Å². The molecular formula is C20H18ClFN2O2. The van der Waals surface area contributed by atoms with E-state index in [1.807, 2.05) is 12.1 Å². The molecule has 0 saturated heterocycles. The number of amides is 2. The van der Waals surface area contributed by atoms with Crippen LogP contribution >= 0.6 is 11.6 Å². The summed E-state index contributed by atoms with van der Waals surface area (Å²) in [5.74, 6) is -0.680. The van der Waals surface area contributed by atoms with Crippen LogP contribution in [-0.4, -0.2) is 23.3 Å². The van der Waals surface area contributed by atoms with Crippen LogP contribution < -0.4 is 5.32 Å². The molecule has 2 amide bonds. The number of nitrogens with one attached hydrogen (secondary N) is 1. The fourth-order valence-corrected chi connectivity index (χ4v) is 3.15. The molecular weight excluding hydrogens is 355 g/mol. The number of rotatable bonds is 3. The van der Waals surface area contributed by atoms with Gasteiger partial charge in [-0.15, -0.1) is 0 Å².